The molecule has 8 nitrogen and oxygen atoms in total. The highest BCUT2D eigenvalue weighted by atomic mass is 32.2. The lowest BCUT2D eigenvalue weighted by molar-refractivity contribution is -0.140. The first-order valence-corrected chi connectivity index (χ1v) is 9.50. The van der Waals surface area contributed by atoms with Gasteiger partial charge in [-0.15, -0.1) is 0 Å². The second-order valence-corrected chi connectivity index (χ2v) is 7.57. The molecule has 0 bridgehead atoms. The monoisotopic (exact) mass is 381 g/mol. The van der Waals surface area contributed by atoms with Crippen molar-refractivity contribution in [2.45, 2.75) is 17.9 Å². The lowest BCUT2D eigenvalue weighted by Gasteiger charge is -2.21. The Kier molecular flexibility index (Phi) is 5.11. The Bertz CT molecular complexity index is 966. The summed E-state index contributed by atoms with van der Waals surface area (Å²) in [6.07, 6.45) is 1.40. The molecule has 2 heterocycles. The molecule has 0 aliphatic heterocycles. The van der Waals surface area contributed by atoms with Crippen LogP contribution in [-0.2, 0) is 26.1 Å². The van der Waals surface area contributed by atoms with E-state index in [9.17, 15) is 13.2 Å². The Labute approximate surface area is 148 Å². The van der Waals surface area contributed by atoms with Gasteiger partial charge in [-0.25, -0.2) is 8.42 Å². The topological polar surface area (TPSA) is 103 Å². The van der Waals surface area contributed by atoms with Crippen LogP contribution in [0.25, 0.3) is 11.0 Å². The SMILES string of the molecule is COC(=O)CCN(Cc1ccco1)S(=O)(=O)c1cccc2nsnc12. The maximum Gasteiger partial charge on any atom is 0.306 e. The molecule has 0 fully saturated rings. The molecule has 0 saturated carbocycles. The second kappa shape index (κ2) is 7.30. The fourth-order valence-electron chi connectivity index (χ4n) is 2.31. The van der Waals surface area contributed by atoms with Gasteiger partial charge < -0.3 is 9.15 Å². The van der Waals surface area contributed by atoms with Crippen LogP contribution in [0.4, 0.5) is 0 Å². The molecule has 0 saturated heterocycles. The third-order valence-corrected chi connectivity index (χ3v) is 5.99. The van der Waals surface area contributed by atoms with E-state index in [4.69, 9.17) is 4.42 Å². The predicted octanol–water partition coefficient (Wildman–Crippen LogP) is 2.04. The Morgan fingerprint density at radius 2 is 2.12 bits per heavy atom. The number of esters is 1. The highest BCUT2D eigenvalue weighted by Gasteiger charge is 2.29. The fraction of sp³-hybridized carbons (Fsp3) is 0.267. The van der Waals surface area contributed by atoms with Crippen LogP contribution >= 0.6 is 11.7 Å². The molecule has 0 amide bonds. The standard InChI is InChI=1S/C15H15N3O5S2/c1-22-14(19)7-8-18(10-11-4-3-9-23-11)25(20,21)13-6-2-5-12-15(13)17-24-16-12/h2-6,9H,7-8,10H2,1H3. The number of sulfonamides is 1. The third-order valence-electron chi connectivity index (χ3n) is 3.57. The highest BCUT2D eigenvalue weighted by molar-refractivity contribution is 7.89. The number of benzene rings is 1. The zero-order valence-electron chi connectivity index (χ0n) is 13.3. The zero-order chi connectivity index (χ0) is 17.9. The van der Waals surface area contributed by atoms with E-state index < -0.39 is 16.0 Å². The van der Waals surface area contributed by atoms with E-state index in [2.05, 4.69) is 13.5 Å². The van der Waals surface area contributed by atoms with Crippen LogP contribution in [0.1, 0.15) is 12.2 Å². The minimum atomic E-state index is -3.91. The number of fused-ring (bicyclic) bond motifs is 1. The summed E-state index contributed by atoms with van der Waals surface area (Å²) >= 11 is 0.947. The molecule has 2 aromatic heterocycles. The molecular weight excluding hydrogens is 366 g/mol. The maximum absolute atomic E-state index is 13.1. The average Bonchev–Trinajstić information content (AvgIpc) is 3.28. The van der Waals surface area contributed by atoms with Gasteiger partial charge in [-0.05, 0) is 24.3 Å². The first-order chi connectivity index (χ1) is 12.0. The number of furan rings is 1. The highest BCUT2D eigenvalue weighted by Crippen LogP contribution is 2.25. The van der Waals surface area contributed by atoms with Gasteiger partial charge in [0.05, 0.1) is 38.1 Å². The summed E-state index contributed by atoms with van der Waals surface area (Å²) in [5, 5.41) is 0. The van der Waals surface area contributed by atoms with Gasteiger partial charge in [0.2, 0.25) is 10.0 Å². The van der Waals surface area contributed by atoms with Gasteiger partial charge in [0.1, 0.15) is 21.7 Å². The van der Waals surface area contributed by atoms with Gasteiger partial charge in [0, 0.05) is 6.54 Å². The number of aromatic nitrogens is 2. The van der Waals surface area contributed by atoms with Gasteiger partial charge in [-0.3, -0.25) is 4.79 Å². The Balaban J connectivity index is 1.97. The van der Waals surface area contributed by atoms with Crippen molar-refractivity contribution in [2.24, 2.45) is 0 Å². The third kappa shape index (κ3) is 3.70. The van der Waals surface area contributed by atoms with Crippen molar-refractivity contribution < 1.29 is 22.4 Å². The summed E-state index contributed by atoms with van der Waals surface area (Å²) < 4.78 is 45.5. The van der Waals surface area contributed by atoms with E-state index in [1.54, 1.807) is 24.3 Å². The van der Waals surface area contributed by atoms with Crippen molar-refractivity contribution in [1.29, 1.82) is 0 Å². The number of carbonyl (C=O) groups is 1. The summed E-state index contributed by atoms with van der Waals surface area (Å²) in [4.78, 5) is 11.5. The molecule has 0 atom stereocenters. The van der Waals surface area contributed by atoms with Crippen LogP contribution in [0.15, 0.2) is 45.9 Å². The molecule has 0 radical (unpaired) electrons. The van der Waals surface area contributed by atoms with Gasteiger partial charge in [-0.1, -0.05) is 6.07 Å². The van der Waals surface area contributed by atoms with Gasteiger partial charge in [0.15, 0.2) is 0 Å². The minimum absolute atomic E-state index is 0.000279. The van der Waals surface area contributed by atoms with E-state index in [1.807, 2.05) is 0 Å². The quantitative estimate of drug-likeness (QED) is 0.577. The van der Waals surface area contributed by atoms with Crippen LogP contribution in [-0.4, -0.2) is 41.1 Å². The Hall–Kier alpha value is -2.30. The number of rotatable bonds is 7. The van der Waals surface area contributed by atoms with E-state index in [0.29, 0.717) is 16.8 Å². The summed E-state index contributed by atoms with van der Waals surface area (Å²) in [6, 6.07) is 8.13. The molecule has 3 rings (SSSR count). The van der Waals surface area contributed by atoms with E-state index in [1.165, 1.54) is 23.7 Å². The molecule has 132 valence electrons. The van der Waals surface area contributed by atoms with Crippen molar-refractivity contribution in [3.8, 4) is 0 Å². The van der Waals surface area contributed by atoms with Gasteiger partial charge in [-0.2, -0.15) is 13.1 Å². The number of ether oxygens (including phenoxy) is 1. The molecule has 3 aromatic rings. The first-order valence-electron chi connectivity index (χ1n) is 7.33. The van der Waals surface area contributed by atoms with E-state index in [0.717, 1.165) is 11.7 Å². The minimum Gasteiger partial charge on any atom is -0.469 e. The van der Waals surface area contributed by atoms with Crippen molar-refractivity contribution in [3.63, 3.8) is 0 Å². The number of hydrogen-bond acceptors (Lipinski definition) is 8. The first kappa shape index (κ1) is 17.5. The number of hydrogen-bond donors (Lipinski definition) is 0. The molecule has 0 unspecified atom stereocenters. The zero-order valence-corrected chi connectivity index (χ0v) is 14.9. The summed E-state index contributed by atoms with van der Waals surface area (Å²) in [5.74, 6) is -0.0230. The smallest absolute Gasteiger partial charge is 0.306 e. The molecule has 0 N–H and O–H groups in total. The van der Waals surface area contributed by atoms with Crippen LogP contribution in [0.2, 0.25) is 0 Å². The lowest BCUT2D eigenvalue weighted by atomic mass is 10.3. The van der Waals surface area contributed by atoms with Crippen LogP contribution in [0.3, 0.4) is 0 Å². The van der Waals surface area contributed by atoms with Gasteiger partial charge >= 0.3 is 5.97 Å². The van der Waals surface area contributed by atoms with Crippen molar-refractivity contribution in [3.05, 3.63) is 42.4 Å². The molecule has 0 aliphatic carbocycles. The fourth-order valence-corrected chi connectivity index (χ4v) is 4.47. The molecule has 25 heavy (non-hydrogen) atoms. The normalized spacial score (nSPS) is 11.9. The van der Waals surface area contributed by atoms with Crippen molar-refractivity contribution in [1.82, 2.24) is 13.1 Å². The molecule has 1 aromatic carbocycles. The van der Waals surface area contributed by atoms with E-state index in [-0.39, 0.29) is 24.4 Å². The molecule has 0 aliphatic rings. The maximum atomic E-state index is 13.1. The largest absolute Gasteiger partial charge is 0.469 e. The van der Waals surface area contributed by atoms with Crippen molar-refractivity contribution in [2.75, 3.05) is 13.7 Å². The van der Waals surface area contributed by atoms with E-state index >= 15 is 0 Å². The van der Waals surface area contributed by atoms with Gasteiger partial charge in [0.25, 0.3) is 0 Å². The summed E-state index contributed by atoms with van der Waals surface area (Å²) in [5.41, 5.74) is 0.826. The Morgan fingerprint density at radius 3 is 2.84 bits per heavy atom. The predicted molar refractivity (Wildman–Crippen MR) is 90.4 cm³/mol. The van der Waals surface area contributed by atoms with Crippen molar-refractivity contribution >= 4 is 38.8 Å². The lowest BCUT2D eigenvalue weighted by Crippen LogP contribution is -2.33. The number of methoxy groups -OCH3 is 1. The number of carbonyl (C=O) groups excluding carboxylic acids is 1. The second-order valence-electron chi connectivity index (χ2n) is 5.13. The van der Waals surface area contributed by atoms with Crippen LogP contribution in [0.5, 0.6) is 0 Å². The molecule has 10 heteroatoms. The molecule has 0 spiro atoms. The Morgan fingerprint density at radius 1 is 1.28 bits per heavy atom. The number of nitrogens with zero attached hydrogens (tertiary/aromatic N) is 3. The molecular formula is C15H15N3O5S2. The summed E-state index contributed by atoms with van der Waals surface area (Å²) in [6.45, 7) is -0.0378. The summed E-state index contributed by atoms with van der Waals surface area (Å²) in [7, 11) is -2.65. The van der Waals surface area contributed by atoms with Crippen LogP contribution in [0, 0.1) is 0 Å². The van der Waals surface area contributed by atoms with Crippen LogP contribution < -0.4 is 0 Å². The average molecular weight is 381 g/mol.